The average Bonchev–Trinajstić information content (AvgIpc) is 2.96. The number of nitrogens with zero attached hydrogens (tertiary/aromatic N) is 3. The minimum absolute atomic E-state index is 0.184. The molecule has 1 fully saturated rings. The Bertz CT molecular complexity index is 583. The Kier molecular flexibility index (Phi) is 2.91. The molecule has 3 N–H and O–H groups in total. The summed E-state index contributed by atoms with van der Waals surface area (Å²) in [6.07, 6.45) is 5.88. The number of aliphatic hydroxyl groups excluding tert-OH is 1. The van der Waals surface area contributed by atoms with E-state index in [1.54, 1.807) is 6.20 Å². The molecule has 3 heterocycles. The van der Waals surface area contributed by atoms with Gasteiger partial charge in [-0.2, -0.15) is 0 Å². The molecule has 0 unspecified atom stereocenters. The number of nitrogen functional groups attached to an aromatic ring is 1. The molecule has 2 aromatic heterocycles. The molecule has 3 rings (SSSR count). The highest BCUT2D eigenvalue weighted by Crippen LogP contribution is 2.29. The lowest BCUT2D eigenvalue weighted by Gasteiger charge is -2.25. The zero-order valence-corrected chi connectivity index (χ0v) is 11.5. The first-order valence-corrected chi connectivity index (χ1v) is 6.79. The van der Waals surface area contributed by atoms with Crippen molar-refractivity contribution >= 4 is 33.0 Å². The van der Waals surface area contributed by atoms with Crippen LogP contribution in [0.3, 0.4) is 0 Å². The summed E-state index contributed by atoms with van der Waals surface area (Å²) in [4.78, 5) is 6.46. The quantitative estimate of drug-likeness (QED) is 0.885. The standard InChI is InChI=1S/C12H15BrN4O/c13-11-5-15-12-10(14)4-9(6-17(11)12)16-3-1-2-8(16)7-18/h4-6,8,18H,1-3,7,14H2/t8-/m0/s1. The summed E-state index contributed by atoms with van der Waals surface area (Å²) in [5.74, 6) is 0. The van der Waals surface area contributed by atoms with Crippen molar-refractivity contribution in [1.29, 1.82) is 0 Å². The molecule has 1 aliphatic rings. The van der Waals surface area contributed by atoms with Crippen molar-refractivity contribution in [3.8, 4) is 0 Å². The van der Waals surface area contributed by atoms with Gasteiger partial charge in [-0.25, -0.2) is 4.98 Å². The fraction of sp³-hybridized carbons (Fsp3) is 0.417. The lowest BCUT2D eigenvalue weighted by atomic mass is 10.2. The fourth-order valence-corrected chi connectivity index (χ4v) is 2.97. The molecule has 0 aromatic carbocycles. The molecule has 0 aliphatic carbocycles. The summed E-state index contributed by atoms with van der Waals surface area (Å²) in [5, 5.41) is 9.39. The summed E-state index contributed by atoms with van der Waals surface area (Å²) < 4.78 is 2.81. The molecule has 6 heteroatoms. The molecule has 1 aliphatic heterocycles. The predicted octanol–water partition coefficient (Wildman–Crippen LogP) is 1.64. The number of aromatic nitrogens is 2. The van der Waals surface area contributed by atoms with E-state index < -0.39 is 0 Å². The van der Waals surface area contributed by atoms with Gasteiger partial charge in [-0.15, -0.1) is 0 Å². The number of halogens is 1. The van der Waals surface area contributed by atoms with Crippen molar-refractivity contribution in [3.63, 3.8) is 0 Å². The normalized spacial score (nSPS) is 19.9. The zero-order chi connectivity index (χ0) is 12.7. The number of hydrogen-bond donors (Lipinski definition) is 2. The Hall–Kier alpha value is -1.27. The monoisotopic (exact) mass is 310 g/mol. The van der Waals surface area contributed by atoms with Crippen LogP contribution in [0.4, 0.5) is 11.4 Å². The highest BCUT2D eigenvalue weighted by Gasteiger charge is 2.24. The van der Waals surface area contributed by atoms with Gasteiger partial charge in [0, 0.05) is 12.7 Å². The van der Waals surface area contributed by atoms with Crippen LogP contribution in [0.5, 0.6) is 0 Å². The number of aliphatic hydroxyl groups is 1. The third-order valence-corrected chi connectivity index (χ3v) is 4.08. The SMILES string of the molecule is Nc1cc(N2CCC[C@H]2CO)cn2c(Br)cnc12. The van der Waals surface area contributed by atoms with E-state index in [9.17, 15) is 5.11 Å². The van der Waals surface area contributed by atoms with Crippen LogP contribution in [0.15, 0.2) is 23.1 Å². The molecule has 96 valence electrons. The minimum Gasteiger partial charge on any atom is -0.396 e. The van der Waals surface area contributed by atoms with Gasteiger partial charge in [0.1, 0.15) is 4.60 Å². The lowest BCUT2D eigenvalue weighted by molar-refractivity contribution is 0.266. The van der Waals surface area contributed by atoms with Gasteiger partial charge >= 0.3 is 0 Å². The van der Waals surface area contributed by atoms with Crippen LogP contribution in [0.25, 0.3) is 5.65 Å². The van der Waals surface area contributed by atoms with Gasteiger partial charge in [0.05, 0.1) is 30.2 Å². The number of fused-ring (bicyclic) bond motifs is 1. The van der Waals surface area contributed by atoms with Gasteiger partial charge in [0.2, 0.25) is 0 Å². The third-order valence-electron chi connectivity index (χ3n) is 3.49. The molecule has 0 spiro atoms. The second-order valence-corrected chi connectivity index (χ2v) is 5.41. The second-order valence-electron chi connectivity index (χ2n) is 4.60. The van der Waals surface area contributed by atoms with Crippen molar-refractivity contribution in [2.24, 2.45) is 0 Å². The van der Waals surface area contributed by atoms with Crippen molar-refractivity contribution in [2.45, 2.75) is 18.9 Å². The largest absolute Gasteiger partial charge is 0.396 e. The first kappa shape index (κ1) is 11.8. The van der Waals surface area contributed by atoms with Crippen molar-refractivity contribution in [2.75, 3.05) is 23.8 Å². The maximum atomic E-state index is 9.39. The van der Waals surface area contributed by atoms with E-state index >= 15 is 0 Å². The van der Waals surface area contributed by atoms with Crippen molar-refractivity contribution < 1.29 is 5.11 Å². The summed E-state index contributed by atoms with van der Waals surface area (Å²) in [6.45, 7) is 1.14. The molecule has 18 heavy (non-hydrogen) atoms. The van der Waals surface area contributed by atoms with Crippen LogP contribution in [0, 0.1) is 0 Å². The van der Waals surface area contributed by atoms with E-state index in [0.29, 0.717) is 5.69 Å². The Labute approximate surface area is 113 Å². The molecular formula is C12H15BrN4O. The number of imidazole rings is 1. The van der Waals surface area contributed by atoms with Gasteiger partial charge in [0.15, 0.2) is 5.65 Å². The zero-order valence-electron chi connectivity index (χ0n) is 9.88. The number of rotatable bonds is 2. The van der Waals surface area contributed by atoms with Gasteiger partial charge in [0.25, 0.3) is 0 Å². The molecule has 0 bridgehead atoms. The predicted molar refractivity (Wildman–Crippen MR) is 74.8 cm³/mol. The van der Waals surface area contributed by atoms with E-state index in [4.69, 9.17) is 5.73 Å². The van der Waals surface area contributed by atoms with Crippen LogP contribution in [-0.4, -0.2) is 33.7 Å². The van der Waals surface area contributed by atoms with E-state index in [0.717, 1.165) is 35.3 Å². The number of anilines is 2. The molecular weight excluding hydrogens is 296 g/mol. The molecule has 0 radical (unpaired) electrons. The van der Waals surface area contributed by atoms with E-state index in [1.807, 2.05) is 16.7 Å². The molecule has 1 saturated heterocycles. The Balaban J connectivity index is 2.09. The maximum Gasteiger partial charge on any atom is 0.161 e. The summed E-state index contributed by atoms with van der Waals surface area (Å²) >= 11 is 3.45. The topological polar surface area (TPSA) is 66.8 Å². The first-order chi connectivity index (χ1) is 8.70. The fourth-order valence-electron chi connectivity index (χ4n) is 2.59. The molecule has 0 amide bonds. The Morgan fingerprint density at radius 2 is 2.39 bits per heavy atom. The summed E-state index contributed by atoms with van der Waals surface area (Å²) in [5.41, 5.74) is 8.48. The van der Waals surface area contributed by atoms with E-state index in [1.165, 1.54) is 0 Å². The van der Waals surface area contributed by atoms with Gasteiger partial charge in [-0.3, -0.25) is 4.40 Å². The number of pyridine rings is 1. The summed E-state index contributed by atoms with van der Waals surface area (Å²) in [7, 11) is 0. The highest BCUT2D eigenvalue weighted by molar-refractivity contribution is 9.10. The lowest BCUT2D eigenvalue weighted by Crippen LogP contribution is -2.32. The smallest absolute Gasteiger partial charge is 0.161 e. The van der Waals surface area contributed by atoms with Gasteiger partial charge in [-0.1, -0.05) is 0 Å². The van der Waals surface area contributed by atoms with Crippen LogP contribution >= 0.6 is 15.9 Å². The third kappa shape index (κ3) is 1.76. The van der Waals surface area contributed by atoms with E-state index in [-0.39, 0.29) is 12.6 Å². The van der Waals surface area contributed by atoms with Crippen LogP contribution in [0.2, 0.25) is 0 Å². The van der Waals surface area contributed by atoms with Crippen LogP contribution < -0.4 is 10.6 Å². The molecule has 1 atom stereocenters. The van der Waals surface area contributed by atoms with Gasteiger partial charge < -0.3 is 15.7 Å². The van der Waals surface area contributed by atoms with Crippen molar-refractivity contribution in [3.05, 3.63) is 23.1 Å². The second kappa shape index (κ2) is 4.44. The number of hydrogen-bond acceptors (Lipinski definition) is 4. The van der Waals surface area contributed by atoms with Gasteiger partial charge in [-0.05, 0) is 34.8 Å². The number of nitrogens with two attached hydrogens (primary N) is 1. The van der Waals surface area contributed by atoms with Crippen LogP contribution in [0.1, 0.15) is 12.8 Å². The molecule has 0 saturated carbocycles. The molecule has 5 nitrogen and oxygen atoms in total. The first-order valence-electron chi connectivity index (χ1n) is 6.00. The van der Waals surface area contributed by atoms with Crippen LogP contribution in [-0.2, 0) is 0 Å². The average molecular weight is 311 g/mol. The maximum absolute atomic E-state index is 9.39. The Morgan fingerprint density at radius 3 is 3.17 bits per heavy atom. The summed E-state index contributed by atoms with van der Waals surface area (Å²) in [6, 6.07) is 2.13. The Morgan fingerprint density at radius 1 is 1.56 bits per heavy atom. The highest BCUT2D eigenvalue weighted by atomic mass is 79.9. The minimum atomic E-state index is 0.184. The van der Waals surface area contributed by atoms with Crippen molar-refractivity contribution in [1.82, 2.24) is 9.38 Å². The van der Waals surface area contributed by atoms with E-state index in [2.05, 4.69) is 25.8 Å². The molecule has 2 aromatic rings.